The lowest BCUT2D eigenvalue weighted by atomic mass is 10.1. The summed E-state index contributed by atoms with van der Waals surface area (Å²) in [6, 6.07) is 9.76. The van der Waals surface area contributed by atoms with Gasteiger partial charge in [-0.25, -0.2) is 9.97 Å². The summed E-state index contributed by atoms with van der Waals surface area (Å²) in [5.41, 5.74) is 7.29. The van der Waals surface area contributed by atoms with Crippen LogP contribution in [0.15, 0.2) is 42.7 Å². The first-order valence-electron chi connectivity index (χ1n) is 6.30. The third-order valence-electron chi connectivity index (χ3n) is 3.13. The number of non-ortho nitro benzene ring substituents is 1. The quantitative estimate of drug-likeness (QED) is 0.385. The van der Waals surface area contributed by atoms with Gasteiger partial charge in [0.15, 0.2) is 5.52 Å². The summed E-state index contributed by atoms with van der Waals surface area (Å²) >= 11 is 0. The molecule has 0 spiro atoms. The molecule has 0 aliphatic carbocycles. The molecule has 0 unspecified atom stereocenters. The highest BCUT2D eigenvalue weighted by atomic mass is 16.6. The van der Waals surface area contributed by atoms with Crippen molar-refractivity contribution in [2.45, 2.75) is 0 Å². The molecule has 0 saturated heterocycles. The highest BCUT2D eigenvalue weighted by Gasteiger charge is 2.19. The maximum Gasteiger partial charge on any atom is 0.295 e. The third kappa shape index (κ3) is 2.33. The Morgan fingerprint density at radius 3 is 2.55 bits per heavy atom. The minimum absolute atomic E-state index is 0.0675. The van der Waals surface area contributed by atoms with E-state index in [1.807, 2.05) is 0 Å². The van der Waals surface area contributed by atoms with E-state index in [-0.39, 0.29) is 22.5 Å². The number of aromatic nitrogens is 2. The van der Waals surface area contributed by atoms with Crippen molar-refractivity contribution in [3.8, 4) is 5.88 Å². The number of hydrogen-bond acceptors (Lipinski definition) is 7. The van der Waals surface area contributed by atoms with Gasteiger partial charge in [0.2, 0.25) is 5.88 Å². The highest BCUT2D eigenvalue weighted by Crippen LogP contribution is 2.35. The fourth-order valence-corrected chi connectivity index (χ4v) is 2.12. The van der Waals surface area contributed by atoms with E-state index in [1.165, 1.54) is 12.1 Å². The van der Waals surface area contributed by atoms with Gasteiger partial charge >= 0.3 is 0 Å². The Hall–Kier alpha value is -3.42. The Morgan fingerprint density at radius 1 is 1.14 bits per heavy atom. The van der Waals surface area contributed by atoms with E-state index < -0.39 is 4.92 Å². The van der Waals surface area contributed by atoms with Gasteiger partial charge in [0, 0.05) is 17.4 Å². The summed E-state index contributed by atoms with van der Waals surface area (Å²) < 4.78 is 0. The lowest BCUT2D eigenvalue weighted by Crippen LogP contribution is -1.97. The SMILES string of the molecule is Nc1ccc(Nc2ccc([N+](=O)[O-])c3ncnc(O)c23)cc1. The number of nitrogens with one attached hydrogen (secondary N) is 1. The van der Waals surface area contributed by atoms with Gasteiger partial charge in [-0.1, -0.05) is 0 Å². The maximum atomic E-state index is 11.1. The zero-order valence-electron chi connectivity index (χ0n) is 11.2. The van der Waals surface area contributed by atoms with Crippen LogP contribution in [0, 0.1) is 10.1 Å². The first-order valence-corrected chi connectivity index (χ1v) is 6.30. The van der Waals surface area contributed by atoms with E-state index in [9.17, 15) is 15.2 Å². The standard InChI is InChI=1S/C14H11N5O3/c15-8-1-3-9(4-2-8)18-10-5-6-11(19(21)22)13-12(10)14(20)17-7-16-13/h1-7,18H,15H2,(H,16,17,20). The number of benzene rings is 2. The van der Waals surface area contributed by atoms with Crippen molar-refractivity contribution >= 4 is 33.7 Å². The van der Waals surface area contributed by atoms with Crippen LogP contribution >= 0.6 is 0 Å². The van der Waals surface area contributed by atoms with Crippen molar-refractivity contribution in [1.82, 2.24) is 9.97 Å². The molecule has 3 aromatic rings. The van der Waals surface area contributed by atoms with Gasteiger partial charge in [-0.2, -0.15) is 0 Å². The Labute approximate surface area is 124 Å². The molecule has 4 N–H and O–H groups in total. The maximum absolute atomic E-state index is 11.1. The monoisotopic (exact) mass is 297 g/mol. The predicted octanol–water partition coefficient (Wildman–Crippen LogP) is 2.57. The van der Waals surface area contributed by atoms with E-state index in [0.29, 0.717) is 17.1 Å². The van der Waals surface area contributed by atoms with Crippen LogP contribution < -0.4 is 11.1 Å². The molecule has 0 aliphatic rings. The van der Waals surface area contributed by atoms with Gasteiger partial charge in [-0.3, -0.25) is 10.1 Å². The number of aromatic hydroxyl groups is 1. The van der Waals surface area contributed by atoms with Crippen molar-refractivity contribution in [3.63, 3.8) is 0 Å². The second kappa shape index (κ2) is 5.17. The lowest BCUT2D eigenvalue weighted by Gasteiger charge is -2.10. The summed E-state index contributed by atoms with van der Waals surface area (Å²) in [6.07, 6.45) is 1.08. The van der Waals surface area contributed by atoms with Crippen LogP contribution in [0.1, 0.15) is 0 Å². The van der Waals surface area contributed by atoms with Gasteiger partial charge in [-0.05, 0) is 30.3 Å². The Bertz CT molecular complexity index is 864. The topological polar surface area (TPSA) is 127 Å². The van der Waals surface area contributed by atoms with Crippen LogP contribution in [-0.4, -0.2) is 20.0 Å². The summed E-state index contributed by atoms with van der Waals surface area (Å²) in [5.74, 6) is -0.327. The van der Waals surface area contributed by atoms with Crippen molar-refractivity contribution in [1.29, 1.82) is 0 Å². The summed E-state index contributed by atoms with van der Waals surface area (Å²) in [6.45, 7) is 0. The molecule has 2 aromatic carbocycles. The zero-order valence-corrected chi connectivity index (χ0v) is 11.2. The molecule has 0 fully saturated rings. The number of nitrogens with two attached hydrogens (primary N) is 1. The molecule has 8 nitrogen and oxygen atoms in total. The van der Waals surface area contributed by atoms with Gasteiger partial charge in [0.25, 0.3) is 5.69 Å². The van der Waals surface area contributed by atoms with Crippen molar-refractivity contribution in [2.24, 2.45) is 0 Å². The minimum atomic E-state index is -0.554. The van der Waals surface area contributed by atoms with Crippen LogP contribution in [0.2, 0.25) is 0 Å². The summed E-state index contributed by atoms with van der Waals surface area (Å²) in [7, 11) is 0. The Balaban J connectivity index is 2.16. The van der Waals surface area contributed by atoms with E-state index >= 15 is 0 Å². The van der Waals surface area contributed by atoms with Crippen LogP contribution in [0.5, 0.6) is 5.88 Å². The van der Waals surface area contributed by atoms with E-state index in [1.54, 1.807) is 24.3 Å². The molecule has 3 rings (SSSR count). The van der Waals surface area contributed by atoms with E-state index in [2.05, 4.69) is 15.3 Å². The second-order valence-electron chi connectivity index (χ2n) is 4.56. The molecule has 22 heavy (non-hydrogen) atoms. The number of rotatable bonds is 3. The van der Waals surface area contributed by atoms with Gasteiger partial charge < -0.3 is 16.2 Å². The van der Waals surface area contributed by atoms with Crippen molar-refractivity contribution < 1.29 is 10.0 Å². The Kier molecular flexibility index (Phi) is 3.18. The van der Waals surface area contributed by atoms with Gasteiger partial charge in [-0.15, -0.1) is 0 Å². The average Bonchev–Trinajstić information content (AvgIpc) is 2.49. The zero-order chi connectivity index (χ0) is 15.7. The first-order chi connectivity index (χ1) is 10.6. The van der Waals surface area contributed by atoms with Crippen LogP contribution in [0.25, 0.3) is 10.9 Å². The van der Waals surface area contributed by atoms with Crippen LogP contribution in [-0.2, 0) is 0 Å². The largest absolute Gasteiger partial charge is 0.493 e. The molecule has 1 aromatic heterocycles. The highest BCUT2D eigenvalue weighted by molar-refractivity contribution is 6.01. The molecule has 1 heterocycles. The number of nitro benzene ring substituents is 1. The Morgan fingerprint density at radius 2 is 1.86 bits per heavy atom. The molecule has 110 valence electrons. The third-order valence-corrected chi connectivity index (χ3v) is 3.13. The second-order valence-corrected chi connectivity index (χ2v) is 4.56. The number of hydrogen-bond donors (Lipinski definition) is 3. The van der Waals surface area contributed by atoms with E-state index in [4.69, 9.17) is 5.73 Å². The van der Waals surface area contributed by atoms with Crippen molar-refractivity contribution in [2.75, 3.05) is 11.1 Å². The summed E-state index contributed by atoms with van der Waals surface area (Å²) in [5, 5.41) is 24.3. The minimum Gasteiger partial charge on any atom is -0.493 e. The van der Waals surface area contributed by atoms with Gasteiger partial charge in [0.05, 0.1) is 16.0 Å². The number of fused-ring (bicyclic) bond motifs is 1. The van der Waals surface area contributed by atoms with E-state index in [0.717, 1.165) is 6.33 Å². The average molecular weight is 297 g/mol. The number of anilines is 3. The molecule has 0 radical (unpaired) electrons. The van der Waals surface area contributed by atoms with Crippen LogP contribution in [0.3, 0.4) is 0 Å². The fourth-order valence-electron chi connectivity index (χ4n) is 2.12. The number of nitro groups is 1. The molecular weight excluding hydrogens is 286 g/mol. The molecule has 0 aliphatic heterocycles. The van der Waals surface area contributed by atoms with Crippen molar-refractivity contribution in [3.05, 3.63) is 52.8 Å². The molecule has 8 heteroatoms. The first kappa shape index (κ1) is 13.6. The lowest BCUT2D eigenvalue weighted by molar-refractivity contribution is -0.383. The van der Waals surface area contributed by atoms with Gasteiger partial charge in [0.1, 0.15) is 6.33 Å². The molecule has 0 bridgehead atoms. The fraction of sp³-hybridized carbons (Fsp3) is 0. The molecule has 0 atom stereocenters. The smallest absolute Gasteiger partial charge is 0.295 e. The molecular formula is C14H11N5O3. The van der Waals surface area contributed by atoms with Crippen LogP contribution in [0.4, 0.5) is 22.7 Å². The predicted molar refractivity (Wildman–Crippen MR) is 82.0 cm³/mol. The normalized spacial score (nSPS) is 10.5. The molecule has 0 saturated carbocycles. The summed E-state index contributed by atoms with van der Waals surface area (Å²) in [4.78, 5) is 18.1. The number of nitrogens with zero attached hydrogens (tertiary/aromatic N) is 3. The molecule has 0 amide bonds. The number of nitrogen functional groups attached to an aromatic ring is 1.